The van der Waals surface area contributed by atoms with Crippen molar-refractivity contribution >= 4 is 11.9 Å². The molecule has 0 aromatic carbocycles. The average molecular weight is 477 g/mol. The van der Waals surface area contributed by atoms with Crippen LogP contribution in [0.2, 0.25) is 0 Å². The molecule has 0 spiro atoms. The van der Waals surface area contributed by atoms with E-state index >= 15 is 0 Å². The molecule has 2 aliphatic rings. The lowest BCUT2D eigenvalue weighted by Crippen LogP contribution is -2.61. The van der Waals surface area contributed by atoms with Gasteiger partial charge in [0.25, 0.3) is 0 Å². The molecule has 0 aromatic rings. The SMILES string of the molecule is COC1C(OC(=O)C=CC=CC=CC=CC(=O)O)CCC2(O)COC(C)(C(O)CC=C(C)C)C12. The van der Waals surface area contributed by atoms with E-state index in [9.17, 15) is 19.8 Å². The van der Waals surface area contributed by atoms with Crippen LogP contribution < -0.4 is 0 Å². The van der Waals surface area contributed by atoms with Gasteiger partial charge in [0, 0.05) is 19.3 Å². The number of hydrogen-bond acceptors (Lipinski definition) is 7. The molecule has 2 fully saturated rings. The van der Waals surface area contributed by atoms with Crippen LogP contribution in [0.1, 0.15) is 40.0 Å². The van der Waals surface area contributed by atoms with Gasteiger partial charge in [0.05, 0.1) is 29.8 Å². The van der Waals surface area contributed by atoms with Gasteiger partial charge in [-0.05, 0) is 40.0 Å². The monoisotopic (exact) mass is 476 g/mol. The Labute approximate surface area is 200 Å². The van der Waals surface area contributed by atoms with Crippen molar-refractivity contribution in [2.45, 2.75) is 69.5 Å². The third kappa shape index (κ3) is 6.99. The Morgan fingerprint density at radius 1 is 1.12 bits per heavy atom. The first-order valence-electron chi connectivity index (χ1n) is 11.4. The number of carbonyl (C=O) groups excluding carboxylic acids is 1. The molecule has 1 heterocycles. The summed E-state index contributed by atoms with van der Waals surface area (Å²) in [5.74, 6) is -2.16. The minimum atomic E-state index is -1.18. The van der Waals surface area contributed by atoms with E-state index in [2.05, 4.69) is 0 Å². The van der Waals surface area contributed by atoms with Crippen LogP contribution >= 0.6 is 0 Å². The number of rotatable bonds is 10. The van der Waals surface area contributed by atoms with Crippen molar-refractivity contribution in [1.82, 2.24) is 0 Å². The van der Waals surface area contributed by atoms with E-state index in [1.165, 1.54) is 25.3 Å². The Morgan fingerprint density at radius 3 is 2.32 bits per heavy atom. The summed E-state index contributed by atoms with van der Waals surface area (Å²) >= 11 is 0. The van der Waals surface area contributed by atoms with E-state index in [1.807, 2.05) is 19.9 Å². The number of esters is 1. The van der Waals surface area contributed by atoms with Gasteiger partial charge in [-0.3, -0.25) is 0 Å². The van der Waals surface area contributed by atoms with Gasteiger partial charge >= 0.3 is 11.9 Å². The number of hydrogen-bond donors (Lipinski definition) is 3. The Kier molecular flexibility index (Phi) is 10.00. The number of carboxylic acids is 1. The zero-order valence-electron chi connectivity index (χ0n) is 20.2. The number of aliphatic hydroxyl groups excluding tert-OH is 1. The van der Waals surface area contributed by atoms with E-state index in [0.717, 1.165) is 11.6 Å². The molecule has 1 saturated carbocycles. The summed E-state index contributed by atoms with van der Waals surface area (Å²) in [4.78, 5) is 22.8. The molecule has 8 nitrogen and oxygen atoms in total. The maximum absolute atomic E-state index is 12.4. The van der Waals surface area contributed by atoms with Crippen molar-refractivity contribution in [2.24, 2.45) is 5.92 Å². The fraction of sp³-hybridized carbons (Fsp3) is 0.538. The third-order valence-electron chi connectivity index (χ3n) is 6.36. The first-order chi connectivity index (χ1) is 16.0. The number of ether oxygens (including phenoxy) is 3. The Balaban J connectivity index is 2.06. The fourth-order valence-electron chi connectivity index (χ4n) is 4.64. The number of methoxy groups -OCH3 is 1. The van der Waals surface area contributed by atoms with Crippen LogP contribution in [0, 0.1) is 5.92 Å². The van der Waals surface area contributed by atoms with Gasteiger partial charge in [0.2, 0.25) is 0 Å². The van der Waals surface area contributed by atoms with Crippen molar-refractivity contribution in [3.05, 3.63) is 60.3 Å². The molecule has 1 aliphatic heterocycles. The number of aliphatic hydroxyl groups is 2. The zero-order valence-corrected chi connectivity index (χ0v) is 20.2. The van der Waals surface area contributed by atoms with Crippen molar-refractivity contribution in [2.75, 3.05) is 13.7 Å². The van der Waals surface area contributed by atoms with Crippen molar-refractivity contribution in [3.63, 3.8) is 0 Å². The average Bonchev–Trinajstić information content (AvgIpc) is 3.06. The molecule has 3 N–H and O–H groups in total. The quantitative estimate of drug-likeness (QED) is 0.190. The summed E-state index contributed by atoms with van der Waals surface area (Å²) in [6.45, 7) is 5.76. The highest BCUT2D eigenvalue weighted by atomic mass is 16.6. The molecule has 0 aromatic heterocycles. The molecule has 8 heteroatoms. The molecule has 0 radical (unpaired) electrons. The molecule has 34 heavy (non-hydrogen) atoms. The predicted octanol–water partition coefficient (Wildman–Crippen LogP) is 2.87. The van der Waals surface area contributed by atoms with Gasteiger partial charge in [-0.2, -0.15) is 0 Å². The minimum Gasteiger partial charge on any atom is -0.478 e. The third-order valence-corrected chi connectivity index (χ3v) is 6.36. The maximum Gasteiger partial charge on any atom is 0.331 e. The van der Waals surface area contributed by atoms with Crippen LogP contribution in [0.5, 0.6) is 0 Å². The largest absolute Gasteiger partial charge is 0.478 e. The van der Waals surface area contributed by atoms with Crippen molar-refractivity contribution < 1.29 is 39.1 Å². The molecule has 188 valence electrons. The minimum absolute atomic E-state index is 0.0838. The molecule has 1 aliphatic carbocycles. The van der Waals surface area contributed by atoms with Crippen LogP contribution in [0.25, 0.3) is 0 Å². The molecular formula is C26H36O8. The molecule has 0 bridgehead atoms. The topological polar surface area (TPSA) is 123 Å². The first-order valence-corrected chi connectivity index (χ1v) is 11.4. The summed E-state index contributed by atoms with van der Waals surface area (Å²) in [6, 6.07) is 0. The lowest BCUT2D eigenvalue weighted by Gasteiger charge is -2.48. The van der Waals surface area contributed by atoms with Crippen molar-refractivity contribution in [3.8, 4) is 0 Å². The second-order valence-corrected chi connectivity index (χ2v) is 9.13. The number of carboxylic acid groups (broad SMARTS) is 1. The van der Waals surface area contributed by atoms with Crippen LogP contribution in [0.4, 0.5) is 0 Å². The lowest BCUT2D eigenvalue weighted by atomic mass is 9.65. The Hall–Kier alpha value is -2.52. The maximum atomic E-state index is 12.4. The van der Waals surface area contributed by atoms with E-state index < -0.39 is 47.4 Å². The van der Waals surface area contributed by atoms with E-state index in [0.29, 0.717) is 19.3 Å². The highest BCUT2D eigenvalue weighted by Crippen LogP contribution is 2.51. The van der Waals surface area contributed by atoms with Gasteiger partial charge in [0.1, 0.15) is 12.2 Å². The Morgan fingerprint density at radius 2 is 1.74 bits per heavy atom. The highest BCUT2D eigenvalue weighted by Gasteiger charge is 2.64. The number of allylic oxidation sites excluding steroid dienone is 7. The summed E-state index contributed by atoms with van der Waals surface area (Å²) < 4.78 is 17.4. The number of carbonyl (C=O) groups is 2. The van der Waals surface area contributed by atoms with Crippen molar-refractivity contribution in [1.29, 1.82) is 0 Å². The second-order valence-electron chi connectivity index (χ2n) is 9.13. The highest BCUT2D eigenvalue weighted by molar-refractivity contribution is 5.82. The fourth-order valence-corrected chi connectivity index (χ4v) is 4.64. The zero-order chi connectivity index (χ0) is 25.4. The lowest BCUT2D eigenvalue weighted by molar-refractivity contribution is -0.194. The normalized spacial score (nSPS) is 32.5. The molecular weight excluding hydrogens is 440 g/mol. The van der Waals surface area contributed by atoms with Gasteiger partial charge < -0.3 is 29.5 Å². The standard InChI is InChI=1S/C26H36O8/c1-18(2)13-14-20(27)25(3)24-23(32-4)19(15-16-26(24,31)17-33-25)34-22(30)12-10-8-6-5-7-9-11-21(28)29/h5-13,19-20,23-24,27,31H,14-17H2,1-4H3,(H,28,29). The summed E-state index contributed by atoms with van der Waals surface area (Å²) in [7, 11) is 1.50. The van der Waals surface area contributed by atoms with Gasteiger partial charge in [-0.15, -0.1) is 0 Å². The molecule has 6 unspecified atom stereocenters. The number of fused-ring (bicyclic) bond motifs is 1. The Bertz CT molecular complexity index is 866. The van der Waals surface area contributed by atoms with E-state index in [4.69, 9.17) is 19.3 Å². The van der Waals surface area contributed by atoms with Crippen LogP contribution in [-0.4, -0.2) is 70.5 Å². The molecule has 2 rings (SSSR count). The second kappa shape index (κ2) is 12.3. The number of aliphatic carboxylic acids is 1. The van der Waals surface area contributed by atoms with Crippen LogP contribution in [0.3, 0.4) is 0 Å². The van der Waals surface area contributed by atoms with Crippen LogP contribution in [-0.2, 0) is 23.8 Å². The predicted molar refractivity (Wildman–Crippen MR) is 127 cm³/mol. The smallest absolute Gasteiger partial charge is 0.331 e. The van der Waals surface area contributed by atoms with E-state index in [1.54, 1.807) is 31.2 Å². The summed E-state index contributed by atoms with van der Waals surface area (Å²) in [5.41, 5.74) is -1.17. The first kappa shape index (κ1) is 27.7. The van der Waals surface area contributed by atoms with E-state index in [-0.39, 0.29) is 6.61 Å². The summed E-state index contributed by atoms with van der Waals surface area (Å²) in [5, 5.41) is 30.7. The van der Waals surface area contributed by atoms with Gasteiger partial charge in [-0.1, -0.05) is 48.1 Å². The molecule has 6 atom stereocenters. The molecule has 0 amide bonds. The van der Waals surface area contributed by atoms with Crippen LogP contribution in [0.15, 0.2) is 60.3 Å². The van der Waals surface area contributed by atoms with Gasteiger partial charge in [0.15, 0.2) is 0 Å². The molecule has 1 saturated heterocycles. The van der Waals surface area contributed by atoms with Gasteiger partial charge in [-0.25, -0.2) is 9.59 Å². The summed E-state index contributed by atoms with van der Waals surface area (Å²) in [6.07, 6.45) is 12.6.